The number of fused-ring (bicyclic) bond motifs is 1. The Morgan fingerprint density at radius 1 is 1.35 bits per heavy atom. The number of carbonyl (C=O) groups is 2. The molecule has 1 aromatic heterocycles. The molecule has 0 bridgehead atoms. The van der Waals surface area contributed by atoms with Crippen LogP contribution in [0.15, 0.2) is 37.1 Å². The highest BCUT2D eigenvalue weighted by atomic mass is 16.5. The van der Waals surface area contributed by atoms with Crippen LogP contribution in [0.4, 0.5) is 0 Å². The van der Waals surface area contributed by atoms with Crippen LogP contribution in [0.1, 0.15) is 45.6 Å². The first-order valence-corrected chi connectivity index (χ1v) is 7.66. The van der Waals surface area contributed by atoms with Gasteiger partial charge in [0, 0.05) is 29.1 Å². The van der Waals surface area contributed by atoms with Gasteiger partial charge < -0.3 is 9.72 Å². The molecule has 122 valence electrons. The highest BCUT2D eigenvalue weighted by Crippen LogP contribution is 2.39. The Bertz CT molecular complexity index is 750. The zero-order valence-electron chi connectivity index (χ0n) is 14.1. The van der Waals surface area contributed by atoms with Gasteiger partial charge in [-0.2, -0.15) is 0 Å². The predicted octanol–water partition coefficient (Wildman–Crippen LogP) is 4.37. The largest absolute Gasteiger partial charge is 0.426 e. The lowest BCUT2D eigenvalue weighted by molar-refractivity contribution is -0.137. The topological polar surface area (TPSA) is 59.2 Å². The standard InChI is InChI=1S/C19H23NO3/c1-6-16(19(3,4)5)15-11-20-17-10-13(7-8-14(15)17)23-18(22)9-12(2)21/h6-8,10-11,16,20H,1,9H2,2-5H3. The van der Waals surface area contributed by atoms with E-state index in [1.54, 1.807) is 12.1 Å². The van der Waals surface area contributed by atoms with Crippen LogP contribution in [-0.2, 0) is 9.59 Å². The van der Waals surface area contributed by atoms with Gasteiger partial charge in [0.2, 0.25) is 0 Å². The van der Waals surface area contributed by atoms with E-state index in [1.165, 1.54) is 12.5 Å². The van der Waals surface area contributed by atoms with Gasteiger partial charge in [-0.3, -0.25) is 9.59 Å². The fourth-order valence-corrected chi connectivity index (χ4v) is 2.77. The molecule has 2 rings (SSSR count). The van der Waals surface area contributed by atoms with Gasteiger partial charge >= 0.3 is 5.97 Å². The van der Waals surface area contributed by atoms with Crippen LogP contribution in [0.25, 0.3) is 10.9 Å². The molecule has 0 radical (unpaired) electrons. The fourth-order valence-electron chi connectivity index (χ4n) is 2.77. The third-order valence-corrected chi connectivity index (χ3v) is 3.81. The molecule has 0 aliphatic heterocycles. The smallest absolute Gasteiger partial charge is 0.318 e. The molecule has 0 aliphatic rings. The maximum absolute atomic E-state index is 11.6. The normalized spacial score (nSPS) is 12.9. The Kier molecular flexibility index (Phi) is 4.73. The molecule has 4 heteroatoms. The van der Waals surface area contributed by atoms with Crippen molar-refractivity contribution in [3.8, 4) is 5.75 Å². The number of aromatic nitrogens is 1. The average Bonchev–Trinajstić information content (AvgIpc) is 2.80. The van der Waals surface area contributed by atoms with Gasteiger partial charge in [0.05, 0.1) is 0 Å². The van der Waals surface area contributed by atoms with Crippen LogP contribution in [-0.4, -0.2) is 16.7 Å². The fraction of sp³-hybridized carbons (Fsp3) is 0.368. The number of H-pyrrole nitrogens is 1. The summed E-state index contributed by atoms with van der Waals surface area (Å²) in [5.41, 5.74) is 2.12. The first kappa shape index (κ1) is 17.0. The van der Waals surface area contributed by atoms with Crippen LogP contribution in [0.2, 0.25) is 0 Å². The Labute approximate surface area is 136 Å². The Balaban J connectivity index is 2.32. The summed E-state index contributed by atoms with van der Waals surface area (Å²) in [6.07, 6.45) is 3.73. The Morgan fingerprint density at radius 2 is 2.04 bits per heavy atom. The minimum absolute atomic E-state index is 0.0590. The van der Waals surface area contributed by atoms with Crippen LogP contribution < -0.4 is 4.74 Å². The number of carbonyl (C=O) groups excluding carboxylic acids is 2. The molecule has 0 amide bonds. The summed E-state index contributed by atoms with van der Waals surface area (Å²) in [5.74, 6) is -0.107. The molecular weight excluding hydrogens is 290 g/mol. The Morgan fingerprint density at radius 3 is 2.61 bits per heavy atom. The van der Waals surface area contributed by atoms with Gasteiger partial charge in [0.1, 0.15) is 18.0 Å². The molecule has 1 unspecified atom stereocenters. The van der Waals surface area contributed by atoms with Crippen molar-refractivity contribution in [1.29, 1.82) is 0 Å². The van der Waals surface area contributed by atoms with Crippen molar-refractivity contribution in [2.24, 2.45) is 5.41 Å². The zero-order chi connectivity index (χ0) is 17.2. The van der Waals surface area contributed by atoms with E-state index in [-0.39, 0.29) is 23.5 Å². The van der Waals surface area contributed by atoms with Crippen molar-refractivity contribution < 1.29 is 14.3 Å². The third kappa shape index (κ3) is 3.89. The molecule has 1 N–H and O–H groups in total. The van der Waals surface area contributed by atoms with Gasteiger partial charge in [-0.15, -0.1) is 6.58 Å². The summed E-state index contributed by atoms with van der Waals surface area (Å²) in [7, 11) is 0. The van der Waals surface area contributed by atoms with Crippen molar-refractivity contribution in [1.82, 2.24) is 4.98 Å². The van der Waals surface area contributed by atoms with E-state index in [1.807, 2.05) is 18.3 Å². The van der Waals surface area contributed by atoms with Crippen LogP contribution in [0.3, 0.4) is 0 Å². The van der Waals surface area contributed by atoms with E-state index in [0.717, 1.165) is 10.9 Å². The van der Waals surface area contributed by atoms with E-state index >= 15 is 0 Å². The maximum atomic E-state index is 11.6. The number of nitrogens with one attached hydrogen (secondary N) is 1. The van der Waals surface area contributed by atoms with E-state index in [9.17, 15) is 9.59 Å². The summed E-state index contributed by atoms with van der Waals surface area (Å²) in [6.45, 7) is 11.9. The summed E-state index contributed by atoms with van der Waals surface area (Å²) >= 11 is 0. The zero-order valence-corrected chi connectivity index (χ0v) is 14.1. The molecule has 0 saturated carbocycles. The van der Waals surface area contributed by atoms with E-state index in [4.69, 9.17) is 4.74 Å². The van der Waals surface area contributed by atoms with E-state index in [2.05, 4.69) is 32.3 Å². The number of hydrogen-bond acceptors (Lipinski definition) is 3. The van der Waals surface area contributed by atoms with Crippen molar-refractivity contribution in [3.63, 3.8) is 0 Å². The number of aromatic amines is 1. The molecule has 23 heavy (non-hydrogen) atoms. The average molecular weight is 313 g/mol. The monoisotopic (exact) mass is 313 g/mol. The summed E-state index contributed by atoms with van der Waals surface area (Å²) in [5, 5.41) is 1.08. The molecule has 4 nitrogen and oxygen atoms in total. The molecule has 0 saturated heterocycles. The molecular formula is C19H23NO3. The van der Waals surface area contributed by atoms with Crippen LogP contribution in [0.5, 0.6) is 5.75 Å². The third-order valence-electron chi connectivity index (χ3n) is 3.81. The number of hydrogen-bond donors (Lipinski definition) is 1. The quantitative estimate of drug-likeness (QED) is 0.386. The van der Waals surface area contributed by atoms with Gasteiger partial charge in [-0.05, 0) is 30.0 Å². The lowest BCUT2D eigenvalue weighted by Crippen LogP contribution is -2.15. The molecule has 2 aromatic rings. The minimum Gasteiger partial charge on any atom is -0.426 e. The molecule has 1 aromatic carbocycles. The first-order valence-electron chi connectivity index (χ1n) is 7.66. The lowest BCUT2D eigenvalue weighted by Gasteiger charge is -2.27. The number of ketones is 1. The van der Waals surface area contributed by atoms with Gasteiger partial charge in [0.25, 0.3) is 0 Å². The highest BCUT2D eigenvalue weighted by Gasteiger charge is 2.25. The van der Waals surface area contributed by atoms with E-state index < -0.39 is 5.97 Å². The van der Waals surface area contributed by atoms with Gasteiger partial charge in [0.15, 0.2) is 0 Å². The molecule has 1 heterocycles. The number of benzene rings is 1. The summed E-state index contributed by atoms with van der Waals surface area (Å²) in [4.78, 5) is 25.8. The molecule has 1 atom stereocenters. The minimum atomic E-state index is -0.540. The second-order valence-corrected chi connectivity index (χ2v) is 6.88. The van der Waals surface area contributed by atoms with Gasteiger partial charge in [-0.25, -0.2) is 0 Å². The number of allylic oxidation sites excluding steroid dienone is 1. The van der Waals surface area contributed by atoms with Crippen LogP contribution in [0, 0.1) is 5.41 Å². The maximum Gasteiger partial charge on any atom is 0.318 e. The molecule has 0 aliphatic carbocycles. The second kappa shape index (κ2) is 6.41. The Hall–Kier alpha value is -2.36. The summed E-state index contributed by atoms with van der Waals surface area (Å²) in [6, 6.07) is 5.46. The van der Waals surface area contributed by atoms with Crippen molar-refractivity contribution in [2.45, 2.75) is 40.0 Å². The van der Waals surface area contributed by atoms with E-state index in [0.29, 0.717) is 5.75 Å². The first-order chi connectivity index (χ1) is 10.7. The highest BCUT2D eigenvalue weighted by molar-refractivity contribution is 5.95. The van der Waals surface area contributed by atoms with Crippen LogP contribution >= 0.6 is 0 Å². The van der Waals surface area contributed by atoms with Crippen molar-refractivity contribution >= 4 is 22.7 Å². The number of rotatable bonds is 5. The van der Waals surface area contributed by atoms with Gasteiger partial charge in [-0.1, -0.05) is 26.8 Å². The lowest BCUT2D eigenvalue weighted by atomic mass is 9.76. The number of ether oxygens (including phenoxy) is 1. The molecule has 0 spiro atoms. The van der Waals surface area contributed by atoms with Crippen molar-refractivity contribution in [3.05, 3.63) is 42.6 Å². The van der Waals surface area contributed by atoms with Crippen molar-refractivity contribution in [2.75, 3.05) is 0 Å². The number of Topliss-reactive ketones (excluding diaryl/α,β-unsaturated/α-hetero) is 1. The molecule has 0 fully saturated rings. The summed E-state index contributed by atoms with van der Waals surface area (Å²) < 4.78 is 5.20. The second-order valence-electron chi connectivity index (χ2n) is 6.88. The SMILES string of the molecule is C=CC(c1c[nH]c2cc(OC(=O)CC(C)=O)ccc12)C(C)(C)C. The number of esters is 1. The predicted molar refractivity (Wildman–Crippen MR) is 91.6 cm³/mol.